The van der Waals surface area contributed by atoms with Crippen LogP contribution < -0.4 is 10.1 Å². The highest BCUT2D eigenvalue weighted by Crippen LogP contribution is 2.34. The molecule has 0 aliphatic carbocycles. The first-order chi connectivity index (χ1) is 16.9. The summed E-state index contributed by atoms with van der Waals surface area (Å²) in [4.78, 5) is 43.1. The lowest BCUT2D eigenvalue weighted by Gasteiger charge is -2.16. The molecule has 10 heteroatoms. The fraction of sp³-hybridized carbons (Fsp3) is 0.160. The van der Waals surface area contributed by atoms with E-state index in [4.69, 9.17) is 4.74 Å². The number of anilines is 1. The van der Waals surface area contributed by atoms with Crippen molar-refractivity contribution in [3.8, 4) is 5.75 Å². The van der Waals surface area contributed by atoms with Crippen molar-refractivity contribution in [1.82, 2.24) is 4.90 Å². The van der Waals surface area contributed by atoms with Gasteiger partial charge in [0, 0.05) is 6.42 Å². The summed E-state index contributed by atoms with van der Waals surface area (Å²) in [5.41, 5.74) is 1.37. The van der Waals surface area contributed by atoms with Crippen molar-refractivity contribution in [1.29, 1.82) is 0 Å². The molecule has 0 aromatic heterocycles. The van der Waals surface area contributed by atoms with Crippen molar-refractivity contribution >= 4 is 45.8 Å². The van der Waals surface area contributed by atoms with Crippen LogP contribution in [-0.2, 0) is 16.1 Å². The van der Waals surface area contributed by atoms with Gasteiger partial charge in [0.2, 0.25) is 11.8 Å². The van der Waals surface area contributed by atoms with Gasteiger partial charge in [-0.25, -0.2) is 4.99 Å². The number of thioether (sulfide) groups is 1. The van der Waals surface area contributed by atoms with E-state index in [1.54, 1.807) is 4.90 Å². The van der Waals surface area contributed by atoms with E-state index in [9.17, 15) is 19.7 Å². The third-order valence-electron chi connectivity index (χ3n) is 5.23. The van der Waals surface area contributed by atoms with Crippen molar-refractivity contribution in [2.45, 2.75) is 18.2 Å². The van der Waals surface area contributed by atoms with Gasteiger partial charge in [-0.3, -0.25) is 24.6 Å². The highest BCUT2D eigenvalue weighted by atomic mass is 32.2. The number of aliphatic imine (C=N–C) groups is 1. The van der Waals surface area contributed by atoms with Crippen LogP contribution in [-0.4, -0.2) is 39.2 Å². The number of nitrogens with zero attached hydrogens (tertiary/aromatic N) is 3. The Labute approximate surface area is 206 Å². The number of methoxy groups -OCH3 is 1. The van der Waals surface area contributed by atoms with Gasteiger partial charge in [-0.05, 0) is 29.8 Å². The van der Waals surface area contributed by atoms with E-state index in [-0.39, 0.29) is 23.7 Å². The first kappa shape index (κ1) is 24.0. The zero-order chi connectivity index (χ0) is 24.8. The average molecular weight is 491 g/mol. The molecule has 0 spiro atoms. The van der Waals surface area contributed by atoms with E-state index in [0.717, 1.165) is 5.56 Å². The Hall–Kier alpha value is -4.18. The Morgan fingerprint density at radius 1 is 1.11 bits per heavy atom. The largest absolute Gasteiger partial charge is 0.496 e. The molecule has 0 bridgehead atoms. The summed E-state index contributed by atoms with van der Waals surface area (Å²) in [6.45, 7) is 0.320. The molecule has 9 nitrogen and oxygen atoms in total. The van der Waals surface area contributed by atoms with E-state index in [1.165, 1.54) is 37.1 Å². The molecular weight excluding hydrogens is 468 g/mol. The van der Waals surface area contributed by atoms with Gasteiger partial charge >= 0.3 is 0 Å². The predicted octanol–water partition coefficient (Wildman–Crippen LogP) is 4.76. The number of carbonyl (C=O) groups excluding carboxylic acids is 2. The molecule has 3 aromatic rings. The molecule has 0 saturated carbocycles. The average Bonchev–Trinajstić information content (AvgIpc) is 3.14. The quantitative estimate of drug-likeness (QED) is 0.360. The number of rotatable bonds is 8. The smallest absolute Gasteiger partial charge is 0.296 e. The number of amidine groups is 1. The van der Waals surface area contributed by atoms with Gasteiger partial charge < -0.3 is 10.1 Å². The minimum Gasteiger partial charge on any atom is -0.496 e. The minimum absolute atomic E-state index is 0.0376. The van der Waals surface area contributed by atoms with Gasteiger partial charge in [-0.1, -0.05) is 60.3 Å². The maximum atomic E-state index is 13.3. The molecule has 35 heavy (non-hydrogen) atoms. The summed E-state index contributed by atoms with van der Waals surface area (Å²) >= 11 is 1.21. The van der Waals surface area contributed by atoms with E-state index in [0.29, 0.717) is 23.1 Å². The SMILES string of the molecule is COc1ccc(NC(=O)CC2SC(=Nc3ccccc3)N(Cc3ccccc3)C2=O)c([N+](=O)[O-])c1. The van der Waals surface area contributed by atoms with Gasteiger partial charge in [-0.2, -0.15) is 0 Å². The molecule has 2 amide bonds. The van der Waals surface area contributed by atoms with E-state index in [2.05, 4.69) is 10.3 Å². The lowest BCUT2D eigenvalue weighted by atomic mass is 10.2. The third kappa shape index (κ3) is 5.85. The number of benzene rings is 3. The number of amides is 2. The molecule has 1 unspecified atom stereocenters. The van der Waals surface area contributed by atoms with E-state index < -0.39 is 16.1 Å². The molecule has 178 valence electrons. The van der Waals surface area contributed by atoms with Crippen molar-refractivity contribution in [2.75, 3.05) is 12.4 Å². The van der Waals surface area contributed by atoms with Gasteiger partial charge in [-0.15, -0.1) is 0 Å². The molecule has 1 fully saturated rings. The number of nitrogens with one attached hydrogen (secondary N) is 1. The Kier molecular flexibility index (Phi) is 7.41. The summed E-state index contributed by atoms with van der Waals surface area (Å²) in [5.74, 6) is -0.452. The number of hydrogen-bond donors (Lipinski definition) is 1. The second-order valence-electron chi connectivity index (χ2n) is 7.64. The number of carbonyl (C=O) groups is 2. The number of hydrogen-bond acceptors (Lipinski definition) is 7. The summed E-state index contributed by atoms with van der Waals surface area (Å²) in [5, 5.41) is 13.8. The van der Waals surface area contributed by atoms with Crippen molar-refractivity contribution < 1.29 is 19.2 Å². The van der Waals surface area contributed by atoms with Crippen LogP contribution in [0.4, 0.5) is 17.1 Å². The van der Waals surface area contributed by atoms with Crippen LogP contribution in [0.3, 0.4) is 0 Å². The van der Waals surface area contributed by atoms with Crippen LogP contribution >= 0.6 is 11.8 Å². The van der Waals surface area contributed by atoms with Crippen LogP contribution in [0.15, 0.2) is 83.9 Å². The number of para-hydroxylation sites is 1. The number of nitro groups is 1. The molecule has 4 rings (SSSR count). The molecule has 1 heterocycles. The summed E-state index contributed by atoms with van der Waals surface area (Å²) in [6, 6.07) is 22.9. The topological polar surface area (TPSA) is 114 Å². The van der Waals surface area contributed by atoms with E-state index >= 15 is 0 Å². The van der Waals surface area contributed by atoms with Gasteiger partial charge in [0.15, 0.2) is 5.17 Å². The third-order valence-corrected chi connectivity index (χ3v) is 6.41. The number of nitro benzene ring substituents is 1. The molecule has 1 N–H and O–H groups in total. The van der Waals surface area contributed by atoms with Crippen LogP contribution in [0.2, 0.25) is 0 Å². The molecule has 3 aromatic carbocycles. The fourth-order valence-electron chi connectivity index (χ4n) is 3.51. The first-order valence-corrected chi connectivity index (χ1v) is 11.6. The standard InChI is InChI=1S/C25H22N4O5S/c1-34-19-12-13-20(21(14-19)29(32)33)27-23(30)15-22-24(31)28(16-17-8-4-2-5-9-17)25(35-22)26-18-10-6-3-7-11-18/h2-14,22H,15-16H2,1H3,(H,27,30). The Morgan fingerprint density at radius 3 is 2.46 bits per heavy atom. The highest BCUT2D eigenvalue weighted by Gasteiger charge is 2.39. The molecule has 0 radical (unpaired) electrons. The summed E-state index contributed by atoms with van der Waals surface area (Å²) in [7, 11) is 1.40. The van der Waals surface area contributed by atoms with Crippen LogP contribution in [0, 0.1) is 10.1 Å². The Morgan fingerprint density at radius 2 is 1.80 bits per heavy atom. The maximum absolute atomic E-state index is 13.3. The monoisotopic (exact) mass is 490 g/mol. The fourth-order valence-corrected chi connectivity index (χ4v) is 4.67. The summed E-state index contributed by atoms with van der Waals surface area (Å²) in [6.07, 6.45) is -0.161. The van der Waals surface area contributed by atoms with Crippen LogP contribution in [0.1, 0.15) is 12.0 Å². The molecule has 1 aliphatic rings. The molecular formula is C25H22N4O5S. The molecule has 1 atom stereocenters. The van der Waals surface area contributed by atoms with Gasteiger partial charge in [0.05, 0.1) is 30.3 Å². The maximum Gasteiger partial charge on any atom is 0.296 e. The lowest BCUT2D eigenvalue weighted by Crippen LogP contribution is -2.33. The number of ether oxygens (including phenoxy) is 1. The van der Waals surface area contributed by atoms with Gasteiger partial charge in [0.25, 0.3) is 5.69 Å². The zero-order valence-electron chi connectivity index (χ0n) is 18.8. The predicted molar refractivity (Wildman–Crippen MR) is 135 cm³/mol. The Bertz CT molecular complexity index is 1270. The van der Waals surface area contributed by atoms with Crippen LogP contribution in [0.25, 0.3) is 0 Å². The lowest BCUT2D eigenvalue weighted by molar-refractivity contribution is -0.384. The first-order valence-electron chi connectivity index (χ1n) is 10.7. The van der Waals surface area contributed by atoms with Crippen molar-refractivity contribution in [3.05, 3.63) is 94.5 Å². The van der Waals surface area contributed by atoms with Gasteiger partial charge in [0.1, 0.15) is 16.7 Å². The van der Waals surface area contributed by atoms with Crippen molar-refractivity contribution in [3.63, 3.8) is 0 Å². The van der Waals surface area contributed by atoms with Crippen molar-refractivity contribution in [2.24, 2.45) is 4.99 Å². The van der Waals surface area contributed by atoms with Crippen LogP contribution in [0.5, 0.6) is 5.75 Å². The normalized spacial score (nSPS) is 16.4. The van der Waals surface area contributed by atoms with E-state index in [1.807, 2.05) is 60.7 Å². The highest BCUT2D eigenvalue weighted by molar-refractivity contribution is 8.15. The zero-order valence-corrected chi connectivity index (χ0v) is 19.6. The summed E-state index contributed by atoms with van der Waals surface area (Å²) < 4.78 is 5.02. The second kappa shape index (κ2) is 10.8. The Balaban J connectivity index is 1.54. The molecule has 1 saturated heterocycles. The molecule has 1 aliphatic heterocycles. The second-order valence-corrected chi connectivity index (χ2v) is 8.81. The minimum atomic E-state index is -0.710.